The molecule has 10 atom stereocenters. The number of aliphatic hydroxyl groups excluding tert-OH is 1. The lowest BCUT2D eigenvalue weighted by molar-refractivity contribution is -0.149. The van der Waals surface area contributed by atoms with Crippen LogP contribution in [0.1, 0.15) is 40.0 Å². The number of nitrogens with one attached hydrogen (secondary N) is 1. The smallest absolute Gasteiger partial charge is 0.328 e. The highest BCUT2D eigenvalue weighted by atomic mass is 16.5. The van der Waals surface area contributed by atoms with Crippen molar-refractivity contribution in [3.05, 3.63) is 0 Å². The lowest BCUT2D eigenvalue weighted by Crippen LogP contribution is -2.47. The molecule has 4 bridgehead atoms. The summed E-state index contributed by atoms with van der Waals surface area (Å²) in [6.45, 7) is 6.29. The summed E-state index contributed by atoms with van der Waals surface area (Å²) in [6.07, 6.45) is 3.59. The molecule has 4 fully saturated rings. The zero-order valence-corrected chi connectivity index (χ0v) is 15.5. The quantitative estimate of drug-likeness (QED) is 0.587. The Balaban J connectivity index is 1.40. The van der Waals surface area contributed by atoms with Crippen LogP contribution < -0.4 is 5.32 Å². The second-order valence-electron chi connectivity index (χ2n) is 9.06. The van der Waals surface area contributed by atoms with Crippen molar-refractivity contribution < 1.29 is 19.4 Å². The first-order valence-corrected chi connectivity index (χ1v) is 10.0. The van der Waals surface area contributed by atoms with Crippen LogP contribution >= 0.6 is 0 Å². The van der Waals surface area contributed by atoms with E-state index in [4.69, 9.17) is 9.84 Å². The second kappa shape index (κ2) is 6.26. The summed E-state index contributed by atoms with van der Waals surface area (Å²) in [5.74, 6) is 5.79. The molecule has 0 aromatic carbocycles. The van der Waals surface area contributed by atoms with Gasteiger partial charge in [-0.1, -0.05) is 13.8 Å². The molecule has 25 heavy (non-hydrogen) atoms. The topological polar surface area (TPSA) is 75.6 Å². The van der Waals surface area contributed by atoms with E-state index in [9.17, 15) is 9.59 Å². The Bertz CT molecular complexity index is 564. The van der Waals surface area contributed by atoms with E-state index < -0.39 is 12.0 Å². The summed E-state index contributed by atoms with van der Waals surface area (Å²) in [5, 5.41) is 11.6. The van der Waals surface area contributed by atoms with Crippen molar-refractivity contribution in [3.63, 3.8) is 0 Å². The number of aliphatic hydroxyl groups is 1. The first-order chi connectivity index (χ1) is 11.9. The van der Waals surface area contributed by atoms with Crippen LogP contribution in [-0.2, 0) is 14.3 Å². The van der Waals surface area contributed by atoms with Crippen LogP contribution in [0.25, 0.3) is 0 Å². The Kier molecular flexibility index (Phi) is 4.33. The molecule has 4 aliphatic rings. The third-order valence-electron chi connectivity index (χ3n) is 8.23. The van der Waals surface area contributed by atoms with Crippen molar-refractivity contribution in [2.24, 2.45) is 53.3 Å². The average molecular weight is 349 g/mol. The van der Waals surface area contributed by atoms with Crippen LogP contribution in [0.2, 0.25) is 0 Å². The van der Waals surface area contributed by atoms with E-state index in [0.717, 1.165) is 41.9 Å². The molecule has 5 heteroatoms. The number of rotatable bonds is 5. The normalized spacial score (nSPS) is 47.6. The van der Waals surface area contributed by atoms with E-state index >= 15 is 0 Å². The van der Waals surface area contributed by atoms with Gasteiger partial charge in [0.2, 0.25) is 5.91 Å². The van der Waals surface area contributed by atoms with Crippen molar-refractivity contribution in [3.8, 4) is 0 Å². The first kappa shape index (κ1) is 17.3. The Labute approximate surface area is 149 Å². The van der Waals surface area contributed by atoms with E-state index in [1.165, 1.54) is 12.8 Å². The van der Waals surface area contributed by atoms with E-state index in [-0.39, 0.29) is 25.0 Å². The third-order valence-corrected chi connectivity index (χ3v) is 8.23. The summed E-state index contributed by atoms with van der Waals surface area (Å²) in [6, 6.07) is -0.645. The van der Waals surface area contributed by atoms with Crippen LogP contribution in [0, 0.1) is 53.3 Å². The molecule has 0 heterocycles. The van der Waals surface area contributed by atoms with Crippen molar-refractivity contribution in [1.29, 1.82) is 0 Å². The Hall–Kier alpha value is -1.10. The monoisotopic (exact) mass is 349 g/mol. The minimum absolute atomic E-state index is 0.0178. The first-order valence-electron chi connectivity index (χ1n) is 10.0. The number of esters is 1. The van der Waals surface area contributed by atoms with Crippen LogP contribution in [-0.4, -0.2) is 36.2 Å². The van der Waals surface area contributed by atoms with Crippen LogP contribution in [0.4, 0.5) is 0 Å². The van der Waals surface area contributed by atoms with Gasteiger partial charge in [0.05, 0.1) is 6.61 Å². The molecular formula is C20H31NO4. The summed E-state index contributed by atoms with van der Waals surface area (Å²) in [4.78, 5) is 24.6. The molecule has 10 unspecified atom stereocenters. The average Bonchev–Trinajstić information content (AvgIpc) is 3.32. The highest BCUT2D eigenvalue weighted by molar-refractivity contribution is 5.86. The molecule has 0 aliphatic heterocycles. The summed E-state index contributed by atoms with van der Waals surface area (Å²) < 4.78 is 4.91. The van der Waals surface area contributed by atoms with Crippen molar-refractivity contribution in [1.82, 2.24) is 5.32 Å². The molecule has 0 saturated heterocycles. The molecule has 0 aromatic rings. The summed E-state index contributed by atoms with van der Waals surface area (Å²) >= 11 is 0. The minimum Gasteiger partial charge on any atom is -0.462 e. The maximum absolute atomic E-state index is 12.8. The van der Waals surface area contributed by atoms with Crippen LogP contribution in [0.5, 0.6) is 0 Å². The number of hydrogen-bond donors (Lipinski definition) is 2. The fourth-order valence-electron chi connectivity index (χ4n) is 7.18. The number of fused-ring (bicyclic) bond motifs is 9. The summed E-state index contributed by atoms with van der Waals surface area (Å²) in [7, 11) is 0. The zero-order valence-electron chi connectivity index (χ0n) is 15.5. The van der Waals surface area contributed by atoms with Gasteiger partial charge >= 0.3 is 5.97 Å². The molecule has 4 saturated carbocycles. The van der Waals surface area contributed by atoms with Gasteiger partial charge in [0.15, 0.2) is 0 Å². The number of hydrogen-bond acceptors (Lipinski definition) is 4. The number of carbonyl (C=O) groups is 2. The molecule has 0 spiro atoms. The van der Waals surface area contributed by atoms with Crippen LogP contribution in [0.3, 0.4) is 0 Å². The lowest BCUT2D eigenvalue weighted by atomic mass is 9.62. The Morgan fingerprint density at radius 2 is 1.76 bits per heavy atom. The van der Waals surface area contributed by atoms with Gasteiger partial charge < -0.3 is 15.2 Å². The van der Waals surface area contributed by atoms with Gasteiger partial charge in [0.25, 0.3) is 0 Å². The number of ether oxygens (including phenoxy) is 1. The molecule has 0 aromatic heterocycles. The maximum Gasteiger partial charge on any atom is 0.328 e. The van der Waals surface area contributed by atoms with Gasteiger partial charge in [0, 0.05) is 5.92 Å². The minimum atomic E-state index is -0.645. The predicted molar refractivity (Wildman–Crippen MR) is 92.3 cm³/mol. The van der Waals surface area contributed by atoms with Gasteiger partial charge in [0.1, 0.15) is 12.6 Å². The number of amides is 1. The molecule has 4 aliphatic carbocycles. The van der Waals surface area contributed by atoms with Crippen LogP contribution in [0.15, 0.2) is 0 Å². The van der Waals surface area contributed by atoms with Gasteiger partial charge in [-0.25, -0.2) is 4.79 Å². The number of carbonyl (C=O) groups excluding carboxylic acids is 2. The Morgan fingerprint density at radius 3 is 2.44 bits per heavy atom. The second-order valence-corrected chi connectivity index (χ2v) is 9.06. The third kappa shape index (κ3) is 2.53. The van der Waals surface area contributed by atoms with Crippen molar-refractivity contribution in [2.45, 2.75) is 46.1 Å². The molecule has 0 radical (unpaired) electrons. The maximum atomic E-state index is 12.8. The Morgan fingerprint density at radius 1 is 1.08 bits per heavy atom. The van der Waals surface area contributed by atoms with Gasteiger partial charge in [-0.3, -0.25) is 4.79 Å². The zero-order chi connectivity index (χ0) is 17.9. The predicted octanol–water partition coefficient (Wildman–Crippen LogP) is 1.84. The van der Waals surface area contributed by atoms with E-state index in [2.05, 4.69) is 19.2 Å². The lowest BCUT2D eigenvalue weighted by Gasteiger charge is -2.43. The van der Waals surface area contributed by atoms with Crippen molar-refractivity contribution in [2.75, 3.05) is 13.2 Å². The molecule has 140 valence electrons. The summed E-state index contributed by atoms with van der Waals surface area (Å²) in [5.41, 5.74) is 0. The van der Waals surface area contributed by atoms with E-state index in [1.807, 2.05) is 0 Å². The standard InChI is InChI=1S/C20H31NO4/c1-9-10(2)14-8-13(9)17-12-6-15(18(14)17)16(7-12)19(23)21-11(3)20(24)25-5-4-22/h9-18,22H,4-8H2,1-3H3,(H,21,23). The largest absolute Gasteiger partial charge is 0.462 e. The molecule has 1 amide bonds. The fourth-order valence-corrected chi connectivity index (χ4v) is 7.18. The van der Waals surface area contributed by atoms with E-state index in [0.29, 0.717) is 11.8 Å². The molecule has 2 N–H and O–H groups in total. The highest BCUT2D eigenvalue weighted by Gasteiger charge is 2.66. The van der Waals surface area contributed by atoms with Gasteiger partial charge in [-0.15, -0.1) is 0 Å². The molecule has 5 nitrogen and oxygen atoms in total. The van der Waals surface area contributed by atoms with Crippen molar-refractivity contribution >= 4 is 11.9 Å². The molecule has 4 rings (SSSR count). The SMILES string of the molecule is CC(NC(=O)C1CC2CC1C1C3CC(C(C)C3C)C21)C(=O)OCCO. The van der Waals surface area contributed by atoms with Gasteiger partial charge in [-0.2, -0.15) is 0 Å². The fraction of sp³-hybridized carbons (Fsp3) is 0.900. The highest BCUT2D eigenvalue weighted by Crippen LogP contribution is 2.71. The van der Waals surface area contributed by atoms with E-state index in [1.54, 1.807) is 6.92 Å². The molecular weight excluding hydrogens is 318 g/mol. The van der Waals surface area contributed by atoms with Gasteiger partial charge in [-0.05, 0) is 73.5 Å².